The highest BCUT2D eigenvalue weighted by atomic mass is 16.6. The minimum Gasteiger partial charge on any atom is -0.481 e. The summed E-state index contributed by atoms with van der Waals surface area (Å²) >= 11 is 0. The van der Waals surface area contributed by atoms with Gasteiger partial charge in [-0.05, 0) is 61.0 Å². The van der Waals surface area contributed by atoms with E-state index < -0.39 is 5.97 Å². The van der Waals surface area contributed by atoms with Gasteiger partial charge in [0.2, 0.25) is 0 Å². The maximum atomic E-state index is 10.7. The number of carboxylic acid groups (broad SMARTS) is 1. The highest BCUT2D eigenvalue weighted by Crippen LogP contribution is 2.45. The van der Waals surface area contributed by atoms with Crippen molar-refractivity contribution in [3.05, 3.63) is 96.1 Å². The quantitative estimate of drug-likeness (QED) is 0.180. The van der Waals surface area contributed by atoms with E-state index in [9.17, 15) is 4.79 Å². The van der Waals surface area contributed by atoms with Gasteiger partial charge in [0.15, 0.2) is 6.10 Å². The van der Waals surface area contributed by atoms with Crippen LogP contribution in [-0.4, -0.2) is 17.3 Å². The molecule has 0 amide bonds. The van der Waals surface area contributed by atoms with Crippen LogP contribution in [-0.2, 0) is 9.63 Å². The van der Waals surface area contributed by atoms with E-state index in [1.165, 1.54) is 12.8 Å². The van der Waals surface area contributed by atoms with Crippen LogP contribution in [0.15, 0.2) is 90.1 Å². The Balaban J connectivity index is 1.42. The number of aliphatic carboxylic acids is 1. The SMILES string of the molecule is O=C(O)CCCC=CC[C@H]1[C@H](C=NOC(c2ccccc2)c2ccccc2)[C@@H]2C=C[C@H]1CC2. The summed E-state index contributed by atoms with van der Waals surface area (Å²) in [5.74, 6) is 1.25. The molecule has 0 saturated heterocycles. The van der Waals surface area contributed by atoms with Gasteiger partial charge < -0.3 is 9.94 Å². The molecule has 4 atom stereocenters. The van der Waals surface area contributed by atoms with E-state index in [-0.39, 0.29) is 12.5 Å². The van der Waals surface area contributed by atoms with Gasteiger partial charge in [0.1, 0.15) is 0 Å². The van der Waals surface area contributed by atoms with Crippen LogP contribution < -0.4 is 0 Å². The molecule has 0 aromatic heterocycles. The summed E-state index contributed by atoms with van der Waals surface area (Å²) in [6.45, 7) is 0. The first kappa shape index (κ1) is 23.0. The number of hydrogen-bond donors (Lipinski definition) is 1. The molecule has 5 rings (SSSR count). The van der Waals surface area contributed by atoms with Crippen molar-refractivity contribution < 1.29 is 14.7 Å². The third-order valence-corrected chi connectivity index (χ3v) is 6.92. The topological polar surface area (TPSA) is 58.9 Å². The predicted octanol–water partition coefficient (Wildman–Crippen LogP) is 6.81. The van der Waals surface area contributed by atoms with Gasteiger partial charge in [0, 0.05) is 18.6 Å². The Morgan fingerprint density at radius 3 is 2.21 bits per heavy atom. The van der Waals surface area contributed by atoms with Crippen molar-refractivity contribution in [3.63, 3.8) is 0 Å². The first-order valence-electron chi connectivity index (χ1n) is 12.1. The second kappa shape index (κ2) is 11.6. The average Bonchev–Trinajstić information content (AvgIpc) is 2.86. The molecular weight excluding hydrogens is 410 g/mol. The van der Waals surface area contributed by atoms with Gasteiger partial charge >= 0.3 is 5.97 Å². The fourth-order valence-electron chi connectivity index (χ4n) is 5.17. The van der Waals surface area contributed by atoms with E-state index in [2.05, 4.69) is 53.7 Å². The molecule has 0 aliphatic heterocycles. The first-order chi connectivity index (χ1) is 16.2. The molecule has 3 aliphatic rings. The van der Waals surface area contributed by atoms with Crippen LogP contribution in [0, 0.1) is 23.7 Å². The number of fused-ring (bicyclic) bond motifs is 2. The van der Waals surface area contributed by atoms with Gasteiger partial charge in [-0.3, -0.25) is 4.79 Å². The summed E-state index contributed by atoms with van der Waals surface area (Å²) in [7, 11) is 0. The number of benzene rings is 2. The van der Waals surface area contributed by atoms with E-state index in [1.807, 2.05) is 42.6 Å². The number of allylic oxidation sites excluding steroid dienone is 4. The second-order valence-electron chi connectivity index (χ2n) is 9.09. The van der Waals surface area contributed by atoms with E-state index in [1.54, 1.807) is 0 Å². The normalized spacial score (nSPS) is 24.2. The van der Waals surface area contributed by atoms with Gasteiger partial charge in [-0.2, -0.15) is 0 Å². The van der Waals surface area contributed by atoms with E-state index in [0.29, 0.717) is 30.1 Å². The Bertz CT molecular complexity index is 927. The van der Waals surface area contributed by atoms with Gasteiger partial charge in [0.25, 0.3) is 0 Å². The van der Waals surface area contributed by atoms with Crippen molar-refractivity contribution >= 4 is 12.2 Å². The van der Waals surface area contributed by atoms with Crippen LogP contribution >= 0.6 is 0 Å². The number of carboxylic acids is 1. The van der Waals surface area contributed by atoms with Gasteiger partial charge in [0.05, 0.1) is 0 Å². The molecule has 3 aliphatic carbocycles. The molecule has 33 heavy (non-hydrogen) atoms. The Labute approximate surface area is 196 Å². The fraction of sp³-hybridized carbons (Fsp3) is 0.379. The van der Waals surface area contributed by atoms with Crippen LogP contribution in [0.25, 0.3) is 0 Å². The largest absolute Gasteiger partial charge is 0.481 e. The third-order valence-electron chi connectivity index (χ3n) is 6.92. The lowest BCUT2D eigenvalue weighted by Crippen LogP contribution is -2.37. The number of hydrogen-bond acceptors (Lipinski definition) is 3. The molecule has 0 unspecified atom stereocenters. The lowest BCUT2D eigenvalue weighted by molar-refractivity contribution is -0.137. The molecule has 0 heterocycles. The minimum atomic E-state index is -0.723. The van der Waals surface area contributed by atoms with Crippen LogP contribution in [0.2, 0.25) is 0 Å². The number of rotatable bonds is 11. The summed E-state index contributed by atoms with van der Waals surface area (Å²) < 4.78 is 0. The highest BCUT2D eigenvalue weighted by molar-refractivity contribution is 5.66. The molecule has 2 aromatic carbocycles. The van der Waals surface area contributed by atoms with Crippen LogP contribution in [0.5, 0.6) is 0 Å². The van der Waals surface area contributed by atoms with Gasteiger partial charge in [-0.25, -0.2) is 0 Å². The number of unbranched alkanes of at least 4 members (excludes halogenated alkanes) is 1. The summed E-state index contributed by atoms with van der Waals surface area (Å²) in [5, 5.41) is 13.3. The lowest BCUT2D eigenvalue weighted by Gasteiger charge is -2.43. The van der Waals surface area contributed by atoms with Crippen LogP contribution in [0.3, 0.4) is 0 Å². The Morgan fingerprint density at radius 1 is 0.970 bits per heavy atom. The monoisotopic (exact) mass is 443 g/mol. The zero-order valence-electron chi connectivity index (χ0n) is 19.0. The smallest absolute Gasteiger partial charge is 0.303 e. The summed E-state index contributed by atoms with van der Waals surface area (Å²) in [4.78, 5) is 16.8. The van der Waals surface area contributed by atoms with Crippen LogP contribution in [0.1, 0.15) is 55.8 Å². The highest BCUT2D eigenvalue weighted by Gasteiger charge is 2.39. The van der Waals surface area contributed by atoms with Crippen molar-refractivity contribution in [2.75, 3.05) is 0 Å². The summed E-state index contributed by atoms with van der Waals surface area (Å²) in [6.07, 6.45) is 16.1. The lowest BCUT2D eigenvalue weighted by atomic mass is 9.62. The molecule has 0 spiro atoms. The third kappa shape index (κ3) is 6.22. The van der Waals surface area contributed by atoms with Gasteiger partial charge in [-0.15, -0.1) is 0 Å². The molecule has 4 nitrogen and oxygen atoms in total. The minimum absolute atomic E-state index is 0.229. The molecule has 172 valence electrons. The molecule has 1 N–H and O–H groups in total. The average molecular weight is 444 g/mol. The zero-order valence-corrected chi connectivity index (χ0v) is 19.0. The Morgan fingerprint density at radius 2 is 1.61 bits per heavy atom. The van der Waals surface area contributed by atoms with Crippen molar-refractivity contribution in [3.8, 4) is 0 Å². The number of carbonyl (C=O) groups is 1. The molecule has 1 saturated carbocycles. The molecule has 1 fully saturated rings. The molecule has 2 bridgehead atoms. The Kier molecular flexibility index (Phi) is 8.13. The summed E-state index contributed by atoms with van der Waals surface area (Å²) in [6, 6.07) is 20.5. The van der Waals surface area contributed by atoms with Crippen LogP contribution in [0.4, 0.5) is 0 Å². The second-order valence-corrected chi connectivity index (χ2v) is 9.09. The molecular formula is C29H33NO3. The first-order valence-corrected chi connectivity index (χ1v) is 12.1. The standard InChI is InChI=1S/C29H33NO3/c31-28(32)16-10-2-1-9-15-26-22-17-19-23(20-18-22)27(26)21-30-33-29(24-11-5-3-6-12-24)25-13-7-4-8-14-25/h1,3-9,11-14,17,19,21-23,26-27,29H,2,10,15-16,18,20H2,(H,31,32)/t22-,23+,26+,27+/m0/s1. The Hall–Kier alpha value is -3.14. The summed E-state index contributed by atoms with van der Waals surface area (Å²) in [5.41, 5.74) is 2.18. The van der Waals surface area contributed by atoms with E-state index in [4.69, 9.17) is 9.94 Å². The molecule has 2 aromatic rings. The van der Waals surface area contributed by atoms with Crippen molar-refractivity contribution in [1.82, 2.24) is 0 Å². The van der Waals surface area contributed by atoms with E-state index >= 15 is 0 Å². The van der Waals surface area contributed by atoms with Crippen molar-refractivity contribution in [1.29, 1.82) is 0 Å². The molecule has 4 heteroatoms. The van der Waals surface area contributed by atoms with Crippen molar-refractivity contribution in [2.24, 2.45) is 28.8 Å². The molecule has 0 radical (unpaired) electrons. The van der Waals surface area contributed by atoms with Gasteiger partial charge in [-0.1, -0.05) is 90.1 Å². The fourth-order valence-corrected chi connectivity index (χ4v) is 5.17. The maximum absolute atomic E-state index is 10.7. The number of nitrogens with zero attached hydrogens (tertiary/aromatic N) is 1. The predicted molar refractivity (Wildman–Crippen MR) is 132 cm³/mol. The maximum Gasteiger partial charge on any atom is 0.303 e. The zero-order chi connectivity index (χ0) is 22.9. The van der Waals surface area contributed by atoms with E-state index in [0.717, 1.165) is 24.0 Å². The number of oxime groups is 1. The van der Waals surface area contributed by atoms with Crippen molar-refractivity contribution in [2.45, 2.75) is 44.6 Å².